The van der Waals surface area contributed by atoms with Crippen molar-refractivity contribution in [1.29, 1.82) is 0 Å². The van der Waals surface area contributed by atoms with Crippen molar-refractivity contribution < 1.29 is 9.47 Å². The van der Waals surface area contributed by atoms with Crippen molar-refractivity contribution in [3.63, 3.8) is 0 Å². The summed E-state index contributed by atoms with van der Waals surface area (Å²) < 4.78 is 11.1. The number of nitrogens with one attached hydrogen (secondary N) is 1. The first-order chi connectivity index (χ1) is 10.8. The molecule has 0 radical (unpaired) electrons. The van der Waals surface area contributed by atoms with Crippen molar-refractivity contribution in [1.82, 2.24) is 4.98 Å². The number of fused-ring (bicyclic) bond motifs is 2. The zero-order chi connectivity index (χ0) is 14.9. The molecule has 4 nitrogen and oxygen atoms in total. The second-order valence-corrected chi connectivity index (χ2v) is 5.44. The smallest absolute Gasteiger partial charge is 0.163 e. The van der Waals surface area contributed by atoms with Gasteiger partial charge in [0.25, 0.3) is 0 Å². The highest BCUT2D eigenvalue weighted by atomic mass is 35.5. The van der Waals surface area contributed by atoms with Crippen molar-refractivity contribution in [2.24, 2.45) is 0 Å². The summed E-state index contributed by atoms with van der Waals surface area (Å²) in [5.74, 6) is 1.53. The average molecular weight is 313 g/mol. The fourth-order valence-corrected chi connectivity index (χ4v) is 2.68. The van der Waals surface area contributed by atoms with Crippen LogP contribution in [0.4, 0.5) is 11.4 Å². The van der Waals surface area contributed by atoms with Crippen LogP contribution in [0.1, 0.15) is 0 Å². The SMILES string of the molecule is Clc1ccc2nccc(Nc3ccc4c(c3)OCCO4)c2c1. The van der Waals surface area contributed by atoms with E-state index in [1.54, 1.807) is 6.20 Å². The van der Waals surface area contributed by atoms with E-state index in [2.05, 4.69) is 10.3 Å². The molecule has 1 aliphatic heterocycles. The fraction of sp³-hybridized carbons (Fsp3) is 0.118. The number of benzene rings is 2. The first-order valence-electron chi connectivity index (χ1n) is 7.00. The van der Waals surface area contributed by atoms with Gasteiger partial charge < -0.3 is 14.8 Å². The Kier molecular flexibility index (Phi) is 3.24. The summed E-state index contributed by atoms with van der Waals surface area (Å²) in [6, 6.07) is 13.4. The van der Waals surface area contributed by atoms with Gasteiger partial charge in [0.15, 0.2) is 11.5 Å². The van der Waals surface area contributed by atoms with Crippen molar-refractivity contribution in [2.75, 3.05) is 18.5 Å². The molecule has 2 aromatic carbocycles. The van der Waals surface area contributed by atoms with Gasteiger partial charge in [-0.2, -0.15) is 0 Å². The predicted molar refractivity (Wildman–Crippen MR) is 87.5 cm³/mol. The number of ether oxygens (including phenoxy) is 2. The number of aromatic nitrogens is 1. The molecule has 0 fully saturated rings. The first-order valence-corrected chi connectivity index (χ1v) is 7.38. The van der Waals surface area contributed by atoms with Crippen LogP contribution >= 0.6 is 11.6 Å². The Morgan fingerprint density at radius 1 is 0.955 bits per heavy atom. The summed E-state index contributed by atoms with van der Waals surface area (Å²) in [6.07, 6.45) is 1.77. The number of pyridine rings is 1. The van der Waals surface area contributed by atoms with E-state index < -0.39 is 0 Å². The van der Waals surface area contributed by atoms with Crippen molar-refractivity contribution in [3.05, 3.63) is 53.7 Å². The van der Waals surface area contributed by atoms with Gasteiger partial charge in [0.2, 0.25) is 0 Å². The maximum Gasteiger partial charge on any atom is 0.163 e. The van der Waals surface area contributed by atoms with E-state index in [0.717, 1.165) is 33.8 Å². The molecule has 0 saturated carbocycles. The summed E-state index contributed by atoms with van der Waals surface area (Å²) in [4.78, 5) is 4.35. The predicted octanol–water partition coefficient (Wildman–Crippen LogP) is 4.40. The van der Waals surface area contributed by atoms with E-state index in [0.29, 0.717) is 18.2 Å². The molecular weight excluding hydrogens is 300 g/mol. The Bertz CT molecular complexity index is 851. The van der Waals surface area contributed by atoms with Crippen LogP contribution in [0.2, 0.25) is 5.02 Å². The molecule has 0 atom stereocenters. The number of anilines is 2. The molecule has 110 valence electrons. The van der Waals surface area contributed by atoms with Crippen LogP contribution in [0.5, 0.6) is 11.5 Å². The molecule has 5 heteroatoms. The number of rotatable bonds is 2. The minimum absolute atomic E-state index is 0.574. The molecule has 0 spiro atoms. The third kappa shape index (κ3) is 2.42. The van der Waals surface area contributed by atoms with Crippen LogP contribution in [0.25, 0.3) is 10.9 Å². The molecule has 1 aliphatic rings. The van der Waals surface area contributed by atoms with Gasteiger partial charge in [0, 0.05) is 34.0 Å². The van der Waals surface area contributed by atoms with E-state index in [-0.39, 0.29) is 0 Å². The van der Waals surface area contributed by atoms with E-state index in [9.17, 15) is 0 Å². The first kappa shape index (κ1) is 13.2. The maximum atomic E-state index is 6.10. The van der Waals surface area contributed by atoms with Gasteiger partial charge in [0.1, 0.15) is 13.2 Å². The van der Waals surface area contributed by atoms with Crippen LogP contribution in [0.15, 0.2) is 48.7 Å². The quantitative estimate of drug-likeness (QED) is 0.761. The van der Waals surface area contributed by atoms with Crippen LogP contribution in [-0.2, 0) is 0 Å². The van der Waals surface area contributed by atoms with Gasteiger partial charge >= 0.3 is 0 Å². The molecule has 0 saturated heterocycles. The Labute approximate surface area is 132 Å². The van der Waals surface area contributed by atoms with E-state index in [1.165, 1.54) is 0 Å². The monoisotopic (exact) mass is 312 g/mol. The Morgan fingerprint density at radius 2 is 1.82 bits per heavy atom. The summed E-state index contributed by atoms with van der Waals surface area (Å²) in [6.45, 7) is 1.16. The van der Waals surface area contributed by atoms with E-state index >= 15 is 0 Å². The highest BCUT2D eigenvalue weighted by molar-refractivity contribution is 6.31. The number of hydrogen-bond acceptors (Lipinski definition) is 4. The lowest BCUT2D eigenvalue weighted by atomic mass is 10.1. The second kappa shape index (κ2) is 5.39. The minimum Gasteiger partial charge on any atom is -0.486 e. The molecule has 22 heavy (non-hydrogen) atoms. The molecule has 3 aromatic rings. The largest absolute Gasteiger partial charge is 0.486 e. The molecular formula is C17H13ClN2O2. The number of hydrogen-bond donors (Lipinski definition) is 1. The number of nitrogens with zero attached hydrogens (tertiary/aromatic N) is 1. The standard InChI is InChI=1S/C17H13ClN2O2/c18-11-1-3-14-13(9-11)15(5-6-19-14)20-12-2-4-16-17(10-12)22-8-7-21-16/h1-6,9-10H,7-8H2,(H,19,20). The van der Waals surface area contributed by atoms with Gasteiger partial charge in [-0.3, -0.25) is 4.98 Å². The van der Waals surface area contributed by atoms with Crippen molar-refractivity contribution >= 4 is 33.9 Å². The third-order valence-corrected chi connectivity index (χ3v) is 3.76. The lowest BCUT2D eigenvalue weighted by Crippen LogP contribution is -2.15. The summed E-state index contributed by atoms with van der Waals surface area (Å²) in [5, 5.41) is 5.05. The number of halogens is 1. The molecule has 0 unspecified atom stereocenters. The van der Waals surface area contributed by atoms with Gasteiger partial charge in [-0.1, -0.05) is 11.6 Å². The van der Waals surface area contributed by atoms with Gasteiger partial charge in [-0.25, -0.2) is 0 Å². The van der Waals surface area contributed by atoms with Crippen molar-refractivity contribution in [2.45, 2.75) is 0 Å². The van der Waals surface area contributed by atoms with Crippen LogP contribution < -0.4 is 14.8 Å². The zero-order valence-electron chi connectivity index (χ0n) is 11.7. The molecule has 0 aliphatic carbocycles. The van der Waals surface area contributed by atoms with Crippen LogP contribution in [0, 0.1) is 0 Å². The zero-order valence-corrected chi connectivity index (χ0v) is 12.4. The molecule has 1 aromatic heterocycles. The average Bonchev–Trinajstić information content (AvgIpc) is 2.55. The Balaban J connectivity index is 1.73. The topological polar surface area (TPSA) is 43.4 Å². The fourth-order valence-electron chi connectivity index (χ4n) is 2.50. The van der Waals surface area contributed by atoms with Crippen molar-refractivity contribution in [3.8, 4) is 11.5 Å². The van der Waals surface area contributed by atoms with Crippen LogP contribution in [0.3, 0.4) is 0 Å². The maximum absolute atomic E-state index is 6.10. The highest BCUT2D eigenvalue weighted by Crippen LogP contribution is 2.34. The van der Waals surface area contributed by atoms with Gasteiger partial charge in [0.05, 0.1) is 5.52 Å². The molecule has 4 rings (SSSR count). The lowest BCUT2D eigenvalue weighted by molar-refractivity contribution is 0.171. The summed E-state index contributed by atoms with van der Waals surface area (Å²) in [5.41, 5.74) is 2.77. The second-order valence-electron chi connectivity index (χ2n) is 5.00. The van der Waals surface area contributed by atoms with E-state index in [4.69, 9.17) is 21.1 Å². The van der Waals surface area contributed by atoms with Gasteiger partial charge in [-0.05, 0) is 36.4 Å². The molecule has 0 amide bonds. The van der Waals surface area contributed by atoms with Gasteiger partial charge in [-0.15, -0.1) is 0 Å². The molecule has 2 heterocycles. The summed E-state index contributed by atoms with van der Waals surface area (Å²) >= 11 is 6.10. The Hall–Kier alpha value is -2.46. The highest BCUT2D eigenvalue weighted by Gasteiger charge is 2.12. The normalized spacial score (nSPS) is 13.1. The summed E-state index contributed by atoms with van der Waals surface area (Å²) in [7, 11) is 0. The molecule has 0 bridgehead atoms. The third-order valence-electron chi connectivity index (χ3n) is 3.52. The lowest BCUT2D eigenvalue weighted by Gasteiger charge is -2.19. The Morgan fingerprint density at radius 3 is 2.73 bits per heavy atom. The minimum atomic E-state index is 0.574. The molecule has 1 N–H and O–H groups in total. The van der Waals surface area contributed by atoms with E-state index in [1.807, 2.05) is 42.5 Å². The van der Waals surface area contributed by atoms with Crippen LogP contribution in [-0.4, -0.2) is 18.2 Å².